The van der Waals surface area contributed by atoms with Gasteiger partial charge in [0.05, 0.1) is 30.5 Å². The molecular weight excluding hydrogens is 334 g/mol. The standard InChI is InChI=1S/C16H18ClN3O4/c1-9-15(22)19-16-18-12-4-5-13(14(17)11(12)8-20(9)16)24-7-3-6-23-10(2)21/h4-5,9H,3,6-8H2,1-2H3,(H,18,19,22). The molecule has 0 aromatic heterocycles. The SMILES string of the molecule is CC(=O)OCCCOc1ccc2c(c1Cl)CN1C(=N2)NC(=O)C1C. The van der Waals surface area contributed by atoms with E-state index in [4.69, 9.17) is 21.1 Å². The molecule has 1 fully saturated rings. The van der Waals surface area contributed by atoms with E-state index < -0.39 is 0 Å². The Bertz CT molecular complexity index is 720. The van der Waals surface area contributed by atoms with E-state index in [2.05, 4.69) is 10.3 Å². The zero-order chi connectivity index (χ0) is 17.3. The first kappa shape index (κ1) is 16.6. The van der Waals surface area contributed by atoms with Crippen molar-refractivity contribution in [3.8, 4) is 5.75 Å². The lowest BCUT2D eigenvalue weighted by molar-refractivity contribution is -0.141. The molecule has 7 nitrogen and oxygen atoms in total. The van der Waals surface area contributed by atoms with E-state index in [9.17, 15) is 9.59 Å². The molecule has 0 aliphatic carbocycles. The summed E-state index contributed by atoms with van der Waals surface area (Å²) in [5.41, 5.74) is 1.56. The molecule has 0 bridgehead atoms. The van der Waals surface area contributed by atoms with E-state index in [0.717, 1.165) is 11.3 Å². The lowest BCUT2D eigenvalue weighted by Gasteiger charge is -2.27. The van der Waals surface area contributed by atoms with Crippen LogP contribution in [0.15, 0.2) is 17.1 Å². The van der Waals surface area contributed by atoms with Crippen LogP contribution >= 0.6 is 11.6 Å². The van der Waals surface area contributed by atoms with E-state index in [1.165, 1.54) is 6.92 Å². The molecule has 24 heavy (non-hydrogen) atoms. The highest BCUT2D eigenvalue weighted by molar-refractivity contribution is 6.33. The second-order valence-electron chi connectivity index (χ2n) is 5.65. The van der Waals surface area contributed by atoms with Crippen LogP contribution in [0.1, 0.15) is 25.8 Å². The number of halogens is 1. The van der Waals surface area contributed by atoms with Crippen molar-refractivity contribution in [1.29, 1.82) is 0 Å². The molecule has 2 heterocycles. The van der Waals surface area contributed by atoms with E-state index in [0.29, 0.717) is 42.9 Å². The highest BCUT2D eigenvalue weighted by Crippen LogP contribution is 2.39. The summed E-state index contributed by atoms with van der Waals surface area (Å²) >= 11 is 6.45. The molecule has 0 radical (unpaired) electrons. The van der Waals surface area contributed by atoms with Crippen molar-refractivity contribution in [2.75, 3.05) is 13.2 Å². The third-order valence-electron chi connectivity index (χ3n) is 3.94. The summed E-state index contributed by atoms with van der Waals surface area (Å²) in [6.07, 6.45) is 0.580. The Morgan fingerprint density at radius 1 is 1.46 bits per heavy atom. The van der Waals surface area contributed by atoms with Gasteiger partial charge in [-0.3, -0.25) is 14.9 Å². The molecule has 0 saturated carbocycles. The predicted octanol–water partition coefficient (Wildman–Crippen LogP) is 1.99. The number of nitrogens with one attached hydrogen (secondary N) is 1. The molecular formula is C16H18ClN3O4. The molecule has 2 aliphatic heterocycles. The van der Waals surface area contributed by atoms with Crippen LogP contribution in [-0.4, -0.2) is 42.0 Å². The monoisotopic (exact) mass is 351 g/mol. The number of rotatable bonds is 5. The third kappa shape index (κ3) is 3.17. The maximum Gasteiger partial charge on any atom is 0.302 e. The Morgan fingerprint density at radius 3 is 3.00 bits per heavy atom. The van der Waals surface area contributed by atoms with Gasteiger partial charge in [0.1, 0.15) is 11.8 Å². The predicted molar refractivity (Wildman–Crippen MR) is 88.4 cm³/mol. The van der Waals surface area contributed by atoms with Crippen LogP contribution in [0, 0.1) is 0 Å². The van der Waals surface area contributed by atoms with E-state index >= 15 is 0 Å². The van der Waals surface area contributed by atoms with E-state index in [1.54, 1.807) is 6.07 Å². The third-order valence-corrected chi connectivity index (χ3v) is 4.36. The molecule has 128 valence electrons. The summed E-state index contributed by atoms with van der Waals surface area (Å²) in [5.74, 6) is 0.743. The maximum atomic E-state index is 11.8. The van der Waals surface area contributed by atoms with Gasteiger partial charge in [-0.1, -0.05) is 11.6 Å². The fourth-order valence-electron chi connectivity index (χ4n) is 2.61. The summed E-state index contributed by atoms with van der Waals surface area (Å²) in [4.78, 5) is 28.8. The van der Waals surface area contributed by atoms with Crippen molar-refractivity contribution in [2.24, 2.45) is 4.99 Å². The van der Waals surface area contributed by atoms with Gasteiger partial charge in [-0.25, -0.2) is 4.99 Å². The van der Waals surface area contributed by atoms with Crippen molar-refractivity contribution in [3.63, 3.8) is 0 Å². The minimum atomic E-state index is -0.307. The van der Waals surface area contributed by atoms with Gasteiger partial charge in [-0.05, 0) is 19.1 Å². The van der Waals surface area contributed by atoms with Crippen molar-refractivity contribution in [3.05, 3.63) is 22.7 Å². The Morgan fingerprint density at radius 2 is 2.25 bits per heavy atom. The quantitative estimate of drug-likeness (QED) is 0.648. The summed E-state index contributed by atoms with van der Waals surface area (Å²) in [6.45, 7) is 4.39. The van der Waals surface area contributed by atoms with Gasteiger partial charge < -0.3 is 14.4 Å². The van der Waals surface area contributed by atoms with Crippen LogP contribution in [0.4, 0.5) is 5.69 Å². The first-order valence-electron chi connectivity index (χ1n) is 7.71. The van der Waals surface area contributed by atoms with Crippen LogP contribution in [0.5, 0.6) is 5.75 Å². The van der Waals surface area contributed by atoms with Crippen molar-refractivity contribution < 1.29 is 19.1 Å². The molecule has 1 amide bonds. The van der Waals surface area contributed by atoms with Crippen molar-refractivity contribution in [2.45, 2.75) is 32.9 Å². The second kappa shape index (κ2) is 6.68. The lowest BCUT2D eigenvalue weighted by atomic mass is 10.1. The number of nitrogens with zero attached hydrogens (tertiary/aromatic N) is 2. The van der Waals surface area contributed by atoms with Gasteiger partial charge in [-0.15, -0.1) is 0 Å². The molecule has 1 N–H and O–H groups in total. The highest BCUT2D eigenvalue weighted by atomic mass is 35.5. The largest absolute Gasteiger partial charge is 0.492 e. The number of carbonyl (C=O) groups is 2. The fraction of sp³-hybridized carbons (Fsp3) is 0.438. The average molecular weight is 352 g/mol. The number of hydrogen-bond donors (Lipinski definition) is 1. The van der Waals surface area contributed by atoms with Gasteiger partial charge in [0.2, 0.25) is 11.9 Å². The van der Waals surface area contributed by atoms with Gasteiger partial charge in [0, 0.05) is 18.9 Å². The Labute approximate surface area is 144 Å². The number of esters is 1. The topological polar surface area (TPSA) is 80.2 Å². The van der Waals surface area contributed by atoms with E-state index in [-0.39, 0.29) is 17.9 Å². The number of aliphatic imine (C=N–C) groups is 1. The maximum absolute atomic E-state index is 11.8. The van der Waals surface area contributed by atoms with Gasteiger partial charge in [-0.2, -0.15) is 0 Å². The molecule has 1 saturated heterocycles. The van der Waals surface area contributed by atoms with Gasteiger partial charge in [0.15, 0.2) is 0 Å². The summed E-state index contributed by atoms with van der Waals surface area (Å²) < 4.78 is 10.5. The smallest absolute Gasteiger partial charge is 0.302 e. The van der Waals surface area contributed by atoms with E-state index in [1.807, 2.05) is 17.9 Å². The molecule has 0 spiro atoms. The second-order valence-corrected chi connectivity index (χ2v) is 6.02. The first-order chi connectivity index (χ1) is 11.5. The number of guanidine groups is 1. The van der Waals surface area contributed by atoms with Gasteiger partial charge in [0.25, 0.3) is 0 Å². The number of ether oxygens (including phenoxy) is 2. The summed E-state index contributed by atoms with van der Waals surface area (Å²) in [5, 5.41) is 3.25. The van der Waals surface area contributed by atoms with Crippen LogP contribution in [-0.2, 0) is 20.9 Å². The molecule has 1 unspecified atom stereocenters. The normalized spacial score (nSPS) is 18.5. The lowest BCUT2D eigenvalue weighted by Crippen LogP contribution is -2.35. The number of amides is 1. The summed E-state index contributed by atoms with van der Waals surface area (Å²) in [6, 6.07) is 3.30. The minimum Gasteiger partial charge on any atom is -0.492 e. The number of fused-ring (bicyclic) bond motifs is 2. The minimum absolute atomic E-state index is 0.0698. The first-order valence-corrected chi connectivity index (χ1v) is 8.09. The highest BCUT2D eigenvalue weighted by Gasteiger charge is 2.36. The molecule has 8 heteroatoms. The van der Waals surface area contributed by atoms with Crippen LogP contribution in [0.3, 0.4) is 0 Å². The Balaban J connectivity index is 1.69. The zero-order valence-electron chi connectivity index (χ0n) is 13.5. The molecule has 1 aromatic carbocycles. The van der Waals surface area contributed by atoms with Crippen LogP contribution in [0.25, 0.3) is 0 Å². The number of hydrogen-bond acceptors (Lipinski definition) is 6. The average Bonchev–Trinajstić information content (AvgIpc) is 2.81. The zero-order valence-corrected chi connectivity index (χ0v) is 14.2. The number of benzene rings is 1. The van der Waals surface area contributed by atoms with Crippen molar-refractivity contribution >= 4 is 35.1 Å². The number of carbonyl (C=O) groups excluding carboxylic acids is 2. The van der Waals surface area contributed by atoms with Crippen LogP contribution < -0.4 is 10.1 Å². The molecule has 1 aromatic rings. The fourth-order valence-corrected chi connectivity index (χ4v) is 2.89. The molecule has 2 aliphatic rings. The Hall–Kier alpha value is -2.28. The molecule has 3 rings (SSSR count). The van der Waals surface area contributed by atoms with Crippen LogP contribution in [0.2, 0.25) is 5.02 Å². The summed E-state index contributed by atoms with van der Waals surface area (Å²) in [7, 11) is 0. The van der Waals surface area contributed by atoms with Gasteiger partial charge >= 0.3 is 5.97 Å². The van der Waals surface area contributed by atoms with Crippen molar-refractivity contribution in [1.82, 2.24) is 10.2 Å². The molecule has 1 atom stereocenters. The Kier molecular flexibility index (Phi) is 4.62.